The van der Waals surface area contributed by atoms with Crippen LogP contribution in [0.4, 0.5) is 5.69 Å². The summed E-state index contributed by atoms with van der Waals surface area (Å²) in [6.07, 6.45) is 2.22. The number of carbonyl (C=O) groups is 3. The average molecular weight is 431 g/mol. The first-order valence-electron chi connectivity index (χ1n) is 11.3. The van der Waals surface area contributed by atoms with Gasteiger partial charge >= 0.3 is 0 Å². The van der Waals surface area contributed by atoms with Crippen molar-refractivity contribution >= 4 is 23.4 Å². The molecule has 2 N–H and O–H groups in total. The molecular formula is C25H25N3O4. The molecule has 2 aromatic carbocycles. The molecule has 7 nitrogen and oxygen atoms in total. The van der Waals surface area contributed by atoms with Crippen molar-refractivity contribution in [3.8, 4) is 0 Å². The van der Waals surface area contributed by atoms with Crippen molar-refractivity contribution in [1.29, 1.82) is 0 Å². The maximum absolute atomic E-state index is 13.7. The molecule has 1 spiro atoms. The number of amides is 3. The van der Waals surface area contributed by atoms with Crippen LogP contribution in [0, 0.1) is 11.8 Å². The smallest absolute Gasteiger partial charge is 0.250 e. The summed E-state index contributed by atoms with van der Waals surface area (Å²) >= 11 is 0. The highest BCUT2D eigenvalue weighted by Gasteiger charge is 2.70. The molecule has 6 rings (SSSR count). The predicted octanol–water partition coefficient (Wildman–Crippen LogP) is 1.83. The van der Waals surface area contributed by atoms with Crippen molar-refractivity contribution in [1.82, 2.24) is 10.2 Å². The van der Waals surface area contributed by atoms with Crippen molar-refractivity contribution in [3.63, 3.8) is 0 Å². The van der Waals surface area contributed by atoms with Gasteiger partial charge in [-0.1, -0.05) is 48.5 Å². The van der Waals surface area contributed by atoms with Crippen LogP contribution in [0.5, 0.6) is 0 Å². The fourth-order valence-electron chi connectivity index (χ4n) is 6.03. The van der Waals surface area contributed by atoms with Crippen LogP contribution in [-0.2, 0) is 31.1 Å². The van der Waals surface area contributed by atoms with Gasteiger partial charge in [0.25, 0.3) is 0 Å². The van der Waals surface area contributed by atoms with Crippen molar-refractivity contribution < 1.29 is 19.1 Å². The van der Waals surface area contributed by atoms with E-state index in [0.717, 1.165) is 24.0 Å². The number of imide groups is 1. The number of benzene rings is 2. The van der Waals surface area contributed by atoms with Gasteiger partial charge < -0.3 is 10.1 Å². The summed E-state index contributed by atoms with van der Waals surface area (Å²) in [6, 6.07) is 17.0. The van der Waals surface area contributed by atoms with Gasteiger partial charge in [-0.3, -0.25) is 24.6 Å². The Hall–Kier alpha value is -3.03. The third kappa shape index (κ3) is 2.71. The maximum atomic E-state index is 13.7. The number of fused-ring (bicyclic) bond motifs is 4. The zero-order chi connectivity index (χ0) is 21.9. The van der Waals surface area contributed by atoms with E-state index in [1.807, 2.05) is 54.6 Å². The van der Waals surface area contributed by atoms with Gasteiger partial charge in [0.1, 0.15) is 5.54 Å². The molecule has 3 saturated heterocycles. The Balaban J connectivity index is 1.43. The number of rotatable bonds is 4. The molecule has 0 aromatic heterocycles. The fraction of sp³-hybridized carbons (Fsp3) is 0.400. The molecule has 5 atom stereocenters. The first kappa shape index (κ1) is 19.6. The summed E-state index contributed by atoms with van der Waals surface area (Å²) in [5, 5.41) is 6.43. The van der Waals surface area contributed by atoms with Crippen LogP contribution in [-0.4, -0.2) is 47.9 Å². The summed E-state index contributed by atoms with van der Waals surface area (Å²) in [7, 11) is 0. The maximum Gasteiger partial charge on any atom is 0.250 e. The second-order valence-electron chi connectivity index (χ2n) is 9.17. The van der Waals surface area contributed by atoms with Crippen LogP contribution < -0.4 is 10.6 Å². The number of carbonyl (C=O) groups excluding carboxylic acids is 3. The lowest BCUT2D eigenvalue weighted by atomic mass is 9.76. The van der Waals surface area contributed by atoms with Gasteiger partial charge in [0.05, 0.1) is 24.5 Å². The second-order valence-corrected chi connectivity index (χ2v) is 9.17. The van der Waals surface area contributed by atoms with E-state index in [-0.39, 0.29) is 36.4 Å². The first-order valence-corrected chi connectivity index (χ1v) is 11.3. The molecule has 3 fully saturated rings. The molecule has 164 valence electrons. The van der Waals surface area contributed by atoms with Crippen molar-refractivity contribution in [2.24, 2.45) is 11.8 Å². The highest BCUT2D eigenvalue weighted by molar-refractivity contribution is 6.15. The SMILES string of the molecule is O=C1[C@@H]2[C@@H](Cc3ccccc3)N[C@@]3(C(=O)Nc4ccccc43)[C@H]2C(=O)N1C[C@H]1CCCO1. The Labute approximate surface area is 186 Å². The van der Waals surface area contributed by atoms with E-state index in [1.165, 1.54) is 4.90 Å². The third-order valence-electron chi connectivity index (χ3n) is 7.42. The molecule has 0 radical (unpaired) electrons. The highest BCUT2D eigenvalue weighted by Crippen LogP contribution is 2.53. The monoisotopic (exact) mass is 431 g/mol. The van der Waals surface area contributed by atoms with Gasteiger partial charge in [-0.2, -0.15) is 0 Å². The molecule has 7 heteroatoms. The lowest BCUT2D eigenvalue weighted by Gasteiger charge is -2.30. The second kappa shape index (κ2) is 7.25. The van der Waals surface area contributed by atoms with Crippen LogP contribution in [0.3, 0.4) is 0 Å². The molecule has 4 aliphatic rings. The number of hydrogen-bond acceptors (Lipinski definition) is 5. The van der Waals surface area contributed by atoms with E-state index in [2.05, 4.69) is 10.6 Å². The molecule has 2 aromatic rings. The topological polar surface area (TPSA) is 87.7 Å². The Morgan fingerprint density at radius 2 is 1.78 bits per heavy atom. The standard InChI is InChI=1S/C25H25N3O4/c29-22-20-19(13-15-7-2-1-3-8-15)27-25(17-10-4-5-11-18(17)26-24(25)31)21(20)23(30)28(22)14-16-9-6-12-32-16/h1-5,7-8,10-11,16,19-21,27H,6,9,12-14H2,(H,26,31)/t16-,19-,20-,21-,25-/m1/s1. The summed E-state index contributed by atoms with van der Waals surface area (Å²) in [4.78, 5) is 42.1. The summed E-state index contributed by atoms with van der Waals surface area (Å²) < 4.78 is 5.71. The molecular weight excluding hydrogens is 406 g/mol. The Kier molecular flexibility index (Phi) is 4.45. The van der Waals surface area contributed by atoms with Crippen molar-refractivity contribution in [3.05, 3.63) is 65.7 Å². The molecule has 4 heterocycles. The van der Waals surface area contributed by atoms with Crippen molar-refractivity contribution in [2.75, 3.05) is 18.5 Å². The predicted molar refractivity (Wildman–Crippen MR) is 116 cm³/mol. The van der Waals surface area contributed by atoms with Crippen LogP contribution in [0.1, 0.15) is 24.0 Å². The molecule has 0 aliphatic carbocycles. The minimum atomic E-state index is -1.24. The zero-order valence-electron chi connectivity index (χ0n) is 17.6. The normalized spacial score (nSPS) is 33.1. The quantitative estimate of drug-likeness (QED) is 0.722. The number of anilines is 1. The van der Waals surface area contributed by atoms with Gasteiger partial charge in [0.15, 0.2) is 0 Å². The Morgan fingerprint density at radius 3 is 2.56 bits per heavy atom. The Morgan fingerprint density at radius 1 is 1.00 bits per heavy atom. The number of ether oxygens (including phenoxy) is 1. The zero-order valence-corrected chi connectivity index (χ0v) is 17.6. The van der Waals surface area contributed by atoms with Gasteiger partial charge in [0.2, 0.25) is 17.7 Å². The Bertz CT molecular complexity index is 1100. The van der Waals surface area contributed by atoms with Crippen molar-refractivity contribution in [2.45, 2.75) is 36.9 Å². The van der Waals surface area contributed by atoms with E-state index in [1.54, 1.807) is 0 Å². The van der Waals surface area contributed by atoms with Crippen LogP contribution in [0.25, 0.3) is 0 Å². The van der Waals surface area contributed by atoms with Crippen LogP contribution >= 0.6 is 0 Å². The first-order chi connectivity index (χ1) is 15.6. The molecule has 0 saturated carbocycles. The van der Waals surface area contributed by atoms with E-state index >= 15 is 0 Å². The van der Waals surface area contributed by atoms with Gasteiger partial charge in [0, 0.05) is 23.9 Å². The average Bonchev–Trinajstić information content (AvgIpc) is 3.54. The molecule has 32 heavy (non-hydrogen) atoms. The van der Waals surface area contributed by atoms with E-state index < -0.39 is 17.4 Å². The number of nitrogens with zero attached hydrogens (tertiary/aromatic N) is 1. The largest absolute Gasteiger partial charge is 0.376 e. The van der Waals surface area contributed by atoms with Gasteiger partial charge in [-0.15, -0.1) is 0 Å². The van der Waals surface area contributed by atoms with Crippen LogP contribution in [0.15, 0.2) is 54.6 Å². The molecule has 0 bridgehead atoms. The summed E-state index contributed by atoms with van der Waals surface area (Å²) in [5.41, 5.74) is 1.27. The highest BCUT2D eigenvalue weighted by atomic mass is 16.5. The van der Waals surface area contributed by atoms with Gasteiger partial charge in [-0.05, 0) is 30.9 Å². The minimum Gasteiger partial charge on any atom is -0.376 e. The lowest BCUT2D eigenvalue weighted by molar-refractivity contribution is -0.144. The third-order valence-corrected chi connectivity index (χ3v) is 7.42. The van der Waals surface area contributed by atoms with E-state index in [0.29, 0.717) is 18.7 Å². The minimum absolute atomic E-state index is 0.122. The van der Waals surface area contributed by atoms with E-state index in [4.69, 9.17) is 4.74 Å². The van der Waals surface area contributed by atoms with Gasteiger partial charge in [-0.25, -0.2) is 0 Å². The van der Waals surface area contributed by atoms with E-state index in [9.17, 15) is 14.4 Å². The number of likely N-dealkylation sites (tertiary alicyclic amines) is 1. The number of nitrogens with one attached hydrogen (secondary N) is 2. The fourth-order valence-corrected chi connectivity index (χ4v) is 6.03. The molecule has 4 aliphatic heterocycles. The summed E-state index contributed by atoms with van der Waals surface area (Å²) in [6.45, 7) is 0.924. The number of para-hydroxylation sites is 1. The molecule has 0 unspecified atom stereocenters. The molecule has 3 amide bonds. The van der Waals surface area contributed by atoms with Crippen LogP contribution in [0.2, 0.25) is 0 Å². The summed E-state index contributed by atoms with van der Waals surface area (Å²) in [5.74, 6) is -2.09. The lowest BCUT2D eigenvalue weighted by Crippen LogP contribution is -2.54. The number of hydrogen-bond donors (Lipinski definition) is 2.